The maximum Gasteiger partial charge on any atom is 0.160 e. The molecule has 0 aliphatic carbocycles. The first-order valence-corrected chi connectivity index (χ1v) is 8.29. The van der Waals surface area contributed by atoms with E-state index in [1.807, 2.05) is 48.5 Å². The minimum atomic E-state index is 0.0496. The second-order valence-corrected chi connectivity index (χ2v) is 6.48. The van der Waals surface area contributed by atoms with Crippen molar-refractivity contribution in [2.24, 2.45) is 0 Å². The zero-order valence-corrected chi connectivity index (χ0v) is 12.9. The Hall–Kier alpha value is -1.52. The third-order valence-electron chi connectivity index (χ3n) is 2.75. The van der Waals surface area contributed by atoms with Crippen LogP contribution in [0.1, 0.15) is 34.6 Å². The molecule has 0 N–H and O–H groups in total. The van der Waals surface area contributed by atoms with Gasteiger partial charge in [-0.1, -0.05) is 58.0 Å². The van der Waals surface area contributed by atoms with Gasteiger partial charge >= 0.3 is 0 Å². The Morgan fingerprint density at radius 1 is 0.700 bits per heavy atom. The van der Waals surface area contributed by atoms with Gasteiger partial charge in [-0.2, -0.15) is 0 Å². The van der Waals surface area contributed by atoms with Crippen LogP contribution in [-0.4, -0.2) is 11.6 Å². The molecule has 2 aromatic carbocycles. The molecule has 4 heteroatoms. The van der Waals surface area contributed by atoms with Crippen molar-refractivity contribution in [2.45, 2.75) is 23.6 Å². The van der Waals surface area contributed by atoms with Crippen molar-refractivity contribution in [3.05, 3.63) is 59.7 Å². The molecule has 0 radical (unpaired) electrons. The molecule has 0 unspecified atom stereocenters. The average Bonchev–Trinajstić information content (AvgIpc) is 2.45. The highest BCUT2D eigenvalue weighted by Gasteiger charge is 2.11. The van der Waals surface area contributed by atoms with Crippen molar-refractivity contribution in [1.82, 2.24) is 0 Å². The monoisotopic (exact) mass is 302 g/mol. The molecule has 0 heterocycles. The number of carbonyl (C=O) groups is 2. The van der Waals surface area contributed by atoms with Gasteiger partial charge in [0.15, 0.2) is 11.6 Å². The summed E-state index contributed by atoms with van der Waals surface area (Å²) >= 11 is 0. The van der Waals surface area contributed by atoms with Crippen LogP contribution < -0.4 is 0 Å². The molecule has 0 atom stereocenters. The molecule has 0 saturated carbocycles. The normalized spacial score (nSPS) is 10.3. The highest BCUT2D eigenvalue weighted by molar-refractivity contribution is 8.76. The van der Waals surface area contributed by atoms with Crippen molar-refractivity contribution < 1.29 is 9.59 Å². The molecule has 0 aliphatic heterocycles. The van der Waals surface area contributed by atoms with Gasteiger partial charge in [0, 0.05) is 20.9 Å². The number of benzene rings is 2. The zero-order chi connectivity index (χ0) is 14.5. The summed E-state index contributed by atoms with van der Waals surface area (Å²) in [4.78, 5) is 25.0. The summed E-state index contributed by atoms with van der Waals surface area (Å²) in [6.45, 7) is 3.13. The standard InChI is InChI=1S/C16H14O2S2/c1-11(17)13-7-3-5-9-15(13)19-20-16-10-6-4-8-14(16)12(2)18/h3-10H,1-2H3. The van der Waals surface area contributed by atoms with Crippen molar-refractivity contribution >= 4 is 33.2 Å². The summed E-state index contributed by atoms with van der Waals surface area (Å²) < 4.78 is 0. The van der Waals surface area contributed by atoms with Crippen molar-refractivity contribution in [2.75, 3.05) is 0 Å². The van der Waals surface area contributed by atoms with Crippen LogP contribution in [0.3, 0.4) is 0 Å². The molecule has 0 saturated heterocycles. The topological polar surface area (TPSA) is 34.1 Å². The van der Waals surface area contributed by atoms with E-state index in [1.54, 1.807) is 13.8 Å². The van der Waals surface area contributed by atoms with Gasteiger partial charge in [-0.25, -0.2) is 0 Å². The minimum Gasteiger partial charge on any atom is -0.294 e. The summed E-state index contributed by atoms with van der Waals surface area (Å²) in [5.74, 6) is 0.0992. The maximum atomic E-state index is 11.6. The Morgan fingerprint density at radius 2 is 1.05 bits per heavy atom. The Balaban J connectivity index is 2.22. The molecular formula is C16H14O2S2. The summed E-state index contributed by atoms with van der Waals surface area (Å²) in [6.07, 6.45) is 0. The molecule has 0 bridgehead atoms. The van der Waals surface area contributed by atoms with E-state index < -0.39 is 0 Å². The van der Waals surface area contributed by atoms with Gasteiger partial charge in [-0.15, -0.1) is 0 Å². The number of ketones is 2. The molecule has 102 valence electrons. The number of rotatable bonds is 5. The van der Waals surface area contributed by atoms with Gasteiger partial charge in [0.05, 0.1) is 0 Å². The predicted octanol–water partition coefficient (Wildman–Crippen LogP) is 4.89. The Bertz CT molecular complexity index is 593. The first-order chi connectivity index (χ1) is 9.59. The maximum absolute atomic E-state index is 11.6. The van der Waals surface area contributed by atoms with Gasteiger partial charge in [0.2, 0.25) is 0 Å². The molecular weight excluding hydrogens is 288 g/mol. The molecule has 20 heavy (non-hydrogen) atoms. The van der Waals surface area contributed by atoms with Crippen LogP contribution in [0, 0.1) is 0 Å². The zero-order valence-electron chi connectivity index (χ0n) is 11.3. The Morgan fingerprint density at radius 3 is 1.40 bits per heavy atom. The Kier molecular flexibility index (Phi) is 5.04. The number of Topliss-reactive ketones (excluding diaryl/α,β-unsaturated/α-hetero) is 2. The molecule has 2 nitrogen and oxygen atoms in total. The van der Waals surface area contributed by atoms with E-state index in [0.29, 0.717) is 11.1 Å². The van der Waals surface area contributed by atoms with Crippen molar-refractivity contribution in [3.8, 4) is 0 Å². The van der Waals surface area contributed by atoms with Gasteiger partial charge in [-0.3, -0.25) is 9.59 Å². The number of carbonyl (C=O) groups excluding carboxylic acids is 2. The van der Waals surface area contributed by atoms with Gasteiger partial charge in [0.25, 0.3) is 0 Å². The summed E-state index contributed by atoms with van der Waals surface area (Å²) in [6, 6.07) is 15.0. The van der Waals surface area contributed by atoms with Crippen LogP contribution in [-0.2, 0) is 0 Å². The first kappa shape index (κ1) is 14.9. The van der Waals surface area contributed by atoms with Crippen LogP contribution >= 0.6 is 21.6 Å². The van der Waals surface area contributed by atoms with Gasteiger partial charge in [0.1, 0.15) is 0 Å². The highest BCUT2D eigenvalue weighted by Crippen LogP contribution is 2.40. The van der Waals surface area contributed by atoms with Crippen LogP contribution in [0.2, 0.25) is 0 Å². The summed E-state index contributed by atoms with van der Waals surface area (Å²) in [5, 5.41) is 0. The smallest absolute Gasteiger partial charge is 0.160 e. The molecule has 2 aromatic rings. The Labute approximate surface area is 126 Å². The van der Waals surface area contributed by atoms with E-state index in [1.165, 1.54) is 21.6 Å². The van der Waals surface area contributed by atoms with Crippen molar-refractivity contribution in [3.63, 3.8) is 0 Å². The van der Waals surface area contributed by atoms with E-state index in [4.69, 9.17) is 0 Å². The highest BCUT2D eigenvalue weighted by atomic mass is 33.1. The quantitative estimate of drug-likeness (QED) is 0.581. The lowest BCUT2D eigenvalue weighted by Crippen LogP contribution is -1.95. The second kappa shape index (κ2) is 6.77. The minimum absolute atomic E-state index is 0.0496. The van der Waals surface area contributed by atoms with Crippen LogP contribution in [0.15, 0.2) is 58.3 Å². The molecule has 0 fully saturated rings. The largest absolute Gasteiger partial charge is 0.294 e. The van der Waals surface area contributed by atoms with E-state index in [9.17, 15) is 9.59 Å². The molecule has 0 spiro atoms. The molecule has 2 rings (SSSR count). The summed E-state index contributed by atoms with van der Waals surface area (Å²) in [7, 11) is 3.01. The molecule has 0 aliphatic rings. The second-order valence-electron chi connectivity index (χ2n) is 4.27. The van der Waals surface area contributed by atoms with Gasteiger partial charge < -0.3 is 0 Å². The fourth-order valence-corrected chi connectivity index (χ4v) is 4.21. The van der Waals surface area contributed by atoms with E-state index in [2.05, 4.69) is 0 Å². The lowest BCUT2D eigenvalue weighted by atomic mass is 10.1. The SMILES string of the molecule is CC(=O)c1ccccc1SSc1ccccc1C(C)=O. The van der Waals surface area contributed by atoms with Crippen LogP contribution in [0.4, 0.5) is 0 Å². The average molecular weight is 302 g/mol. The van der Waals surface area contributed by atoms with Crippen LogP contribution in [0.5, 0.6) is 0 Å². The fraction of sp³-hybridized carbons (Fsp3) is 0.125. The number of hydrogen-bond donors (Lipinski definition) is 0. The van der Waals surface area contributed by atoms with Gasteiger partial charge in [-0.05, 0) is 26.0 Å². The first-order valence-electron chi connectivity index (χ1n) is 6.14. The molecule has 0 amide bonds. The third-order valence-corrected chi connectivity index (χ3v) is 5.24. The van der Waals surface area contributed by atoms with Crippen LogP contribution in [0.25, 0.3) is 0 Å². The lowest BCUT2D eigenvalue weighted by Gasteiger charge is -2.08. The lowest BCUT2D eigenvalue weighted by molar-refractivity contribution is 0.100. The number of hydrogen-bond acceptors (Lipinski definition) is 4. The predicted molar refractivity (Wildman–Crippen MR) is 84.6 cm³/mol. The van der Waals surface area contributed by atoms with E-state index >= 15 is 0 Å². The summed E-state index contributed by atoms with van der Waals surface area (Å²) in [5.41, 5.74) is 1.43. The third kappa shape index (κ3) is 3.52. The van der Waals surface area contributed by atoms with E-state index in [0.717, 1.165) is 9.79 Å². The molecule has 0 aromatic heterocycles. The fourth-order valence-electron chi connectivity index (χ4n) is 1.75. The van der Waals surface area contributed by atoms with Crippen molar-refractivity contribution in [1.29, 1.82) is 0 Å². The van der Waals surface area contributed by atoms with E-state index in [-0.39, 0.29) is 11.6 Å².